The summed E-state index contributed by atoms with van der Waals surface area (Å²) in [5.41, 5.74) is 4.52. The molecular weight excluding hydrogens is 226 g/mol. The van der Waals surface area contributed by atoms with Crippen LogP contribution in [0.3, 0.4) is 0 Å². The summed E-state index contributed by atoms with van der Waals surface area (Å²) in [4.78, 5) is 2.57. The molecule has 3 aliphatic rings. The van der Waals surface area contributed by atoms with Gasteiger partial charge in [0, 0.05) is 25.2 Å². The number of methoxy groups -OCH3 is 2. The molecule has 1 fully saturated rings. The molecule has 98 valence electrons. The molecule has 0 bridgehead atoms. The van der Waals surface area contributed by atoms with Gasteiger partial charge in [0.05, 0.1) is 14.2 Å². The van der Waals surface area contributed by atoms with Gasteiger partial charge in [-0.15, -0.1) is 0 Å². The first-order chi connectivity index (χ1) is 8.83. The van der Waals surface area contributed by atoms with E-state index in [-0.39, 0.29) is 0 Å². The lowest BCUT2D eigenvalue weighted by Gasteiger charge is -2.39. The third-order valence-corrected chi connectivity index (χ3v) is 4.24. The highest BCUT2D eigenvalue weighted by Crippen LogP contribution is 2.40. The SMILES string of the molecule is COC1=C(OC)CC2=C3CCCCN3CCC2=C1. The minimum atomic E-state index is 0.900. The van der Waals surface area contributed by atoms with Crippen molar-refractivity contribution in [1.82, 2.24) is 4.90 Å². The number of ether oxygens (including phenoxy) is 2. The fourth-order valence-electron chi connectivity index (χ4n) is 3.28. The van der Waals surface area contributed by atoms with Crippen molar-refractivity contribution in [2.24, 2.45) is 0 Å². The first kappa shape index (κ1) is 11.7. The van der Waals surface area contributed by atoms with Crippen molar-refractivity contribution in [1.29, 1.82) is 0 Å². The molecule has 0 unspecified atom stereocenters. The van der Waals surface area contributed by atoms with Crippen molar-refractivity contribution in [2.45, 2.75) is 32.1 Å². The number of fused-ring (bicyclic) bond motifs is 2. The van der Waals surface area contributed by atoms with Crippen LogP contribution in [0.25, 0.3) is 0 Å². The molecule has 2 aliphatic heterocycles. The second kappa shape index (κ2) is 4.71. The van der Waals surface area contributed by atoms with E-state index in [1.165, 1.54) is 43.5 Å². The maximum atomic E-state index is 5.48. The molecule has 0 N–H and O–H groups in total. The number of rotatable bonds is 2. The molecular formula is C15H21NO2. The van der Waals surface area contributed by atoms with Crippen LogP contribution in [0, 0.1) is 0 Å². The van der Waals surface area contributed by atoms with Crippen molar-refractivity contribution in [2.75, 3.05) is 27.3 Å². The van der Waals surface area contributed by atoms with E-state index in [4.69, 9.17) is 9.47 Å². The Bertz CT molecular complexity index is 445. The molecule has 0 aromatic heterocycles. The zero-order valence-corrected chi connectivity index (χ0v) is 11.3. The fourth-order valence-corrected chi connectivity index (χ4v) is 3.28. The summed E-state index contributed by atoms with van der Waals surface area (Å²) in [6.45, 7) is 2.40. The Hall–Kier alpha value is -1.38. The third-order valence-electron chi connectivity index (χ3n) is 4.24. The van der Waals surface area contributed by atoms with Crippen molar-refractivity contribution < 1.29 is 9.47 Å². The second-order valence-corrected chi connectivity index (χ2v) is 5.16. The van der Waals surface area contributed by atoms with Crippen LogP contribution >= 0.6 is 0 Å². The van der Waals surface area contributed by atoms with Crippen molar-refractivity contribution in [3.05, 3.63) is 34.4 Å². The highest BCUT2D eigenvalue weighted by Gasteiger charge is 2.29. The molecule has 1 aliphatic carbocycles. The first-order valence-corrected chi connectivity index (χ1v) is 6.82. The molecule has 0 aromatic carbocycles. The van der Waals surface area contributed by atoms with Crippen LogP contribution in [0.2, 0.25) is 0 Å². The summed E-state index contributed by atoms with van der Waals surface area (Å²) in [5.74, 6) is 1.87. The molecule has 3 nitrogen and oxygen atoms in total. The van der Waals surface area contributed by atoms with E-state index in [0.717, 1.165) is 24.4 Å². The summed E-state index contributed by atoms with van der Waals surface area (Å²) in [6.07, 6.45) is 8.11. The molecule has 2 heterocycles. The topological polar surface area (TPSA) is 21.7 Å². The maximum absolute atomic E-state index is 5.48. The van der Waals surface area contributed by atoms with Crippen LogP contribution in [0.4, 0.5) is 0 Å². The number of nitrogens with zero attached hydrogens (tertiary/aromatic N) is 1. The molecule has 0 spiro atoms. The first-order valence-electron chi connectivity index (χ1n) is 6.82. The number of allylic oxidation sites excluding steroid dienone is 3. The van der Waals surface area contributed by atoms with Crippen LogP contribution in [0.15, 0.2) is 34.4 Å². The van der Waals surface area contributed by atoms with Gasteiger partial charge in [0.25, 0.3) is 0 Å². The highest BCUT2D eigenvalue weighted by atomic mass is 16.5. The number of hydrogen-bond donors (Lipinski definition) is 0. The third kappa shape index (κ3) is 1.82. The van der Waals surface area contributed by atoms with E-state index in [0.29, 0.717) is 0 Å². The lowest BCUT2D eigenvalue weighted by atomic mass is 9.85. The molecule has 3 rings (SSSR count). The molecule has 1 saturated heterocycles. The smallest absolute Gasteiger partial charge is 0.157 e. The van der Waals surface area contributed by atoms with Gasteiger partial charge in [-0.05, 0) is 42.9 Å². The van der Waals surface area contributed by atoms with E-state index in [1.807, 2.05) is 0 Å². The van der Waals surface area contributed by atoms with E-state index in [9.17, 15) is 0 Å². The van der Waals surface area contributed by atoms with Gasteiger partial charge in [0.15, 0.2) is 5.76 Å². The zero-order valence-electron chi connectivity index (χ0n) is 11.3. The zero-order chi connectivity index (χ0) is 12.5. The summed E-state index contributed by atoms with van der Waals surface area (Å²) in [5, 5.41) is 0. The van der Waals surface area contributed by atoms with E-state index in [1.54, 1.807) is 19.9 Å². The quantitative estimate of drug-likeness (QED) is 0.749. The van der Waals surface area contributed by atoms with E-state index >= 15 is 0 Å². The normalized spacial score (nSPS) is 23.4. The van der Waals surface area contributed by atoms with Gasteiger partial charge in [0.2, 0.25) is 0 Å². The molecule has 0 amide bonds. The van der Waals surface area contributed by atoms with Gasteiger partial charge < -0.3 is 14.4 Å². The van der Waals surface area contributed by atoms with Crippen molar-refractivity contribution in [3.8, 4) is 0 Å². The summed E-state index contributed by atoms with van der Waals surface area (Å²) >= 11 is 0. The minimum Gasteiger partial charge on any atom is -0.497 e. The average Bonchev–Trinajstić information content (AvgIpc) is 2.45. The predicted octanol–water partition coefficient (Wildman–Crippen LogP) is 2.96. The van der Waals surface area contributed by atoms with Crippen LogP contribution in [-0.4, -0.2) is 32.2 Å². The van der Waals surface area contributed by atoms with Gasteiger partial charge in [-0.25, -0.2) is 0 Å². The Labute approximate surface area is 109 Å². The van der Waals surface area contributed by atoms with Gasteiger partial charge in [0.1, 0.15) is 5.76 Å². The highest BCUT2D eigenvalue weighted by molar-refractivity contribution is 5.47. The van der Waals surface area contributed by atoms with Gasteiger partial charge in [-0.2, -0.15) is 0 Å². The predicted molar refractivity (Wildman–Crippen MR) is 70.8 cm³/mol. The average molecular weight is 247 g/mol. The largest absolute Gasteiger partial charge is 0.497 e. The Morgan fingerprint density at radius 3 is 2.72 bits per heavy atom. The number of piperidine rings is 1. The van der Waals surface area contributed by atoms with E-state index < -0.39 is 0 Å². The van der Waals surface area contributed by atoms with Gasteiger partial charge in [-0.1, -0.05) is 0 Å². The standard InChI is InChI=1S/C15H21NO2/c1-17-14-9-11-6-8-16-7-4-3-5-13(16)12(11)10-15(14)18-2/h9H,3-8,10H2,1-2H3. The Balaban J connectivity index is 1.99. The van der Waals surface area contributed by atoms with Gasteiger partial charge in [-0.3, -0.25) is 0 Å². The molecule has 0 aromatic rings. The Kier molecular flexibility index (Phi) is 3.06. The van der Waals surface area contributed by atoms with Crippen LogP contribution in [-0.2, 0) is 9.47 Å². The van der Waals surface area contributed by atoms with Crippen molar-refractivity contribution in [3.63, 3.8) is 0 Å². The number of hydrogen-bond acceptors (Lipinski definition) is 3. The van der Waals surface area contributed by atoms with Crippen molar-refractivity contribution >= 4 is 0 Å². The van der Waals surface area contributed by atoms with Crippen LogP contribution in [0.5, 0.6) is 0 Å². The van der Waals surface area contributed by atoms with Crippen LogP contribution in [0.1, 0.15) is 32.1 Å². The lowest BCUT2D eigenvalue weighted by molar-refractivity contribution is 0.217. The minimum absolute atomic E-state index is 0.900. The second-order valence-electron chi connectivity index (χ2n) is 5.16. The van der Waals surface area contributed by atoms with E-state index in [2.05, 4.69) is 11.0 Å². The molecule has 0 saturated carbocycles. The summed E-state index contributed by atoms with van der Waals surface area (Å²) in [6, 6.07) is 0. The van der Waals surface area contributed by atoms with Gasteiger partial charge >= 0.3 is 0 Å². The Morgan fingerprint density at radius 1 is 1.06 bits per heavy atom. The summed E-state index contributed by atoms with van der Waals surface area (Å²) in [7, 11) is 3.46. The lowest BCUT2D eigenvalue weighted by Crippen LogP contribution is -2.34. The molecule has 3 heteroatoms. The fraction of sp³-hybridized carbons (Fsp3) is 0.600. The summed E-state index contributed by atoms with van der Waals surface area (Å²) < 4.78 is 10.9. The monoisotopic (exact) mass is 247 g/mol. The Morgan fingerprint density at radius 2 is 1.94 bits per heavy atom. The van der Waals surface area contributed by atoms with Crippen LogP contribution < -0.4 is 0 Å². The molecule has 0 radical (unpaired) electrons. The molecule has 0 atom stereocenters. The maximum Gasteiger partial charge on any atom is 0.157 e. The molecule has 18 heavy (non-hydrogen) atoms.